The second-order valence-corrected chi connectivity index (χ2v) is 3.83. The minimum atomic E-state index is -0.0181. The van der Waals surface area contributed by atoms with Crippen LogP contribution in [-0.2, 0) is 13.2 Å². The Morgan fingerprint density at radius 2 is 2.13 bits per heavy atom. The number of hydrogen-bond donors (Lipinski definition) is 1. The van der Waals surface area contributed by atoms with E-state index in [2.05, 4.69) is 4.90 Å². The Bertz CT molecular complexity index is 363. The average molecular weight is 209 g/mol. The summed E-state index contributed by atoms with van der Waals surface area (Å²) in [6.45, 7) is 1.01. The molecule has 1 N–H and O–H groups in total. The maximum atomic E-state index is 9.34. The molecular formula is C11H15NO3. The molecule has 0 fully saturated rings. The molecule has 2 rings (SSSR count). The second kappa shape index (κ2) is 4.08. The lowest BCUT2D eigenvalue weighted by atomic mass is 10.1. The summed E-state index contributed by atoms with van der Waals surface area (Å²) < 4.78 is 10.6. The van der Waals surface area contributed by atoms with Gasteiger partial charge in [0, 0.05) is 12.1 Å². The normalized spacial score (nSPS) is 13.6. The molecule has 0 amide bonds. The molecule has 0 unspecified atom stereocenters. The van der Waals surface area contributed by atoms with Gasteiger partial charge in [-0.2, -0.15) is 0 Å². The molecule has 0 saturated heterocycles. The van der Waals surface area contributed by atoms with Crippen LogP contribution in [0.2, 0.25) is 0 Å². The van der Waals surface area contributed by atoms with Crippen LogP contribution in [-0.4, -0.2) is 30.9 Å². The zero-order chi connectivity index (χ0) is 10.8. The molecule has 1 aromatic carbocycles. The first-order valence-electron chi connectivity index (χ1n) is 4.88. The van der Waals surface area contributed by atoms with Crippen molar-refractivity contribution in [3.63, 3.8) is 0 Å². The summed E-state index contributed by atoms with van der Waals surface area (Å²) in [5.41, 5.74) is 1.91. The summed E-state index contributed by atoms with van der Waals surface area (Å²) in [5, 5.41) is 9.34. The largest absolute Gasteiger partial charge is 0.454 e. The topological polar surface area (TPSA) is 41.9 Å². The van der Waals surface area contributed by atoms with E-state index in [1.165, 1.54) is 0 Å². The van der Waals surface area contributed by atoms with Gasteiger partial charge in [-0.15, -0.1) is 0 Å². The van der Waals surface area contributed by atoms with Crippen molar-refractivity contribution in [2.24, 2.45) is 0 Å². The molecule has 1 heterocycles. The fourth-order valence-electron chi connectivity index (χ4n) is 1.73. The summed E-state index contributed by atoms with van der Waals surface area (Å²) in [4.78, 5) is 2.05. The monoisotopic (exact) mass is 209 g/mol. The van der Waals surface area contributed by atoms with Crippen molar-refractivity contribution in [2.45, 2.75) is 13.2 Å². The third kappa shape index (κ3) is 1.91. The maximum absolute atomic E-state index is 9.34. The molecule has 1 aliphatic rings. The molecule has 15 heavy (non-hydrogen) atoms. The van der Waals surface area contributed by atoms with Crippen LogP contribution in [0.15, 0.2) is 12.1 Å². The van der Waals surface area contributed by atoms with Crippen molar-refractivity contribution in [2.75, 3.05) is 20.9 Å². The number of rotatable bonds is 3. The molecule has 0 radical (unpaired) electrons. The quantitative estimate of drug-likeness (QED) is 0.805. The van der Waals surface area contributed by atoms with E-state index in [1.807, 2.05) is 26.2 Å². The van der Waals surface area contributed by atoms with Crippen LogP contribution in [0.25, 0.3) is 0 Å². The summed E-state index contributed by atoms with van der Waals surface area (Å²) in [5.74, 6) is 1.42. The molecule has 0 bridgehead atoms. The van der Waals surface area contributed by atoms with Crippen LogP contribution < -0.4 is 9.47 Å². The summed E-state index contributed by atoms with van der Waals surface area (Å²) in [7, 11) is 3.98. The fourth-order valence-corrected chi connectivity index (χ4v) is 1.73. The van der Waals surface area contributed by atoms with Gasteiger partial charge in [0.05, 0.1) is 6.61 Å². The van der Waals surface area contributed by atoms with Gasteiger partial charge in [-0.3, -0.25) is 0 Å². The molecule has 4 nitrogen and oxygen atoms in total. The van der Waals surface area contributed by atoms with E-state index in [4.69, 9.17) is 9.47 Å². The Balaban J connectivity index is 2.39. The van der Waals surface area contributed by atoms with Crippen LogP contribution in [0.5, 0.6) is 11.5 Å². The maximum Gasteiger partial charge on any atom is 0.231 e. The van der Waals surface area contributed by atoms with Crippen molar-refractivity contribution in [3.05, 3.63) is 23.3 Å². The van der Waals surface area contributed by atoms with Crippen molar-refractivity contribution in [1.29, 1.82) is 0 Å². The van der Waals surface area contributed by atoms with E-state index in [9.17, 15) is 5.11 Å². The first-order valence-corrected chi connectivity index (χ1v) is 4.88. The zero-order valence-corrected chi connectivity index (χ0v) is 8.99. The first-order chi connectivity index (χ1) is 7.22. The van der Waals surface area contributed by atoms with Gasteiger partial charge >= 0.3 is 0 Å². The minimum Gasteiger partial charge on any atom is -0.454 e. The van der Waals surface area contributed by atoms with Crippen LogP contribution in [0.1, 0.15) is 11.1 Å². The first kappa shape index (κ1) is 10.3. The van der Waals surface area contributed by atoms with Crippen LogP contribution in [0.3, 0.4) is 0 Å². The second-order valence-electron chi connectivity index (χ2n) is 3.83. The lowest BCUT2D eigenvalue weighted by Gasteiger charge is -2.14. The van der Waals surface area contributed by atoms with Gasteiger partial charge < -0.3 is 19.5 Å². The molecule has 82 valence electrons. The number of nitrogens with zero attached hydrogens (tertiary/aromatic N) is 1. The van der Waals surface area contributed by atoms with E-state index in [0.29, 0.717) is 5.75 Å². The Morgan fingerprint density at radius 3 is 2.80 bits per heavy atom. The van der Waals surface area contributed by atoms with E-state index >= 15 is 0 Å². The van der Waals surface area contributed by atoms with Gasteiger partial charge in [0.15, 0.2) is 11.5 Å². The highest BCUT2D eigenvalue weighted by Crippen LogP contribution is 2.37. The van der Waals surface area contributed by atoms with Crippen molar-refractivity contribution in [3.8, 4) is 11.5 Å². The Hall–Kier alpha value is -1.26. The highest BCUT2D eigenvalue weighted by atomic mass is 16.7. The van der Waals surface area contributed by atoms with E-state index in [1.54, 1.807) is 0 Å². The van der Waals surface area contributed by atoms with E-state index in [0.717, 1.165) is 23.4 Å². The van der Waals surface area contributed by atoms with Crippen molar-refractivity contribution >= 4 is 0 Å². The van der Waals surface area contributed by atoms with Crippen LogP contribution in [0, 0.1) is 0 Å². The van der Waals surface area contributed by atoms with Crippen LogP contribution >= 0.6 is 0 Å². The predicted octanol–water partition coefficient (Wildman–Crippen LogP) is 0.969. The highest BCUT2D eigenvalue weighted by Gasteiger charge is 2.20. The summed E-state index contributed by atoms with van der Waals surface area (Å²) in [6, 6.07) is 3.86. The smallest absolute Gasteiger partial charge is 0.231 e. The summed E-state index contributed by atoms with van der Waals surface area (Å²) in [6.07, 6.45) is 0. The third-order valence-corrected chi connectivity index (χ3v) is 2.38. The molecule has 0 spiro atoms. The molecule has 4 heteroatoms. The van der Waals surface area contributed by atoms with E-state index < -0.39 is 0 Å². The standard InChI is InChI=1S/C11H15NO3/c1-12(2)5-8-3-4-10-11(9(8)6-13)15-7-14-10/h3-4,13H,5-7H2,1-2H3. The van der Waals surface area contributed by atoms with Crippen LogP contribution in [0.4, 0.5) is 0 Å². The lowest BCUT2D eigenvalue weighted by molar-refractivity contribution is 0.171. The van der Waals surface area contributed by atoms with Gasteiger partial charge in [-0.25, -0.2) is 0 Å². The number of hydrogen-bond acceptors (Lipinski definition) is 4. The SMILES string of the molecule is CN(C)Cc1ccc2c(c1CO)OCO2. The Labute approximate surface area is 89.0 Å². The highest BCUT2D eigenvalue weighted by molar-refractivity contribution is 5.51. The molecule has 0 aliphatic carbocycles. The fraction of sp³-hybridized carbons (Fsp3) is 0.455. The Kier molecular flexibility index (Phi) is 2.79. The predicted molar refractivity (Wildman–Crippen MR) is 55.9 cm³/mol. The minimum absolute atomic E-state index is 0.0181. The van der Waals surface area contributed by atoms with Gasteiger partial charge in [0.25, 0.3) is 0 Å². The van der Waals surface area contributed by atoms with E-state index in [-0.39, 0.29) is 13.4 Å². The van der Waals surface area contributed by atoms with Gasteiger partial charge in [0.1, 0.15) is 0 Å². The lowest BCUT2D eigenvalue weighted by Crippen LogP contribution is -2.12. The van der Waals surface area contributed by atoms with Crippen molar-refractivity contribution < 1.29 is 14.6 Å². The Morgan fingerprint density at radius 1 is 1.33 bits per heavy atom. The van der Waals surface area contributed by atoms with Gasteiger partial charge in [-0.05, 0) is 25.7 Å². The number of benzene rings is 1. The van der Waals surface area contributed by atoms with Gasteiger partial charge in [-0.1, -0.05) is 6.07 Å². The molecule has 0 aromatic heterocycles. The third-order valence-electron chi connectivity index (χ3n) is 2.38. The molecule has 1 aromatic rings. The van der Waals surface area contributed by atoms with Crippen molar-refractivity contribution in [1.82, 2.24) is 4.90 Å². The summed E-state index contributed by atoms with van der Waals surface area (Å²) >= 11 is 0. The average Bonchev–Trinajstić information content (AvgIpc) is 2.64. The number of ether oxygens (including phenoxy) is 2. The number of aliphatic hydroxyl groups excluding tert-OH is 1. The molecular weight excluding hydrogens is 194 g/mol. The zero-order valence-electron chi connectivity index (χ0n) is 8.99. The number of fused-ring (bicyclic) bond motifs is 1. The van der Waals surface area contributed by atoms with Gasteiger partial charge in [0.2, 0.25) is 6.79 Å². The number of aliphatic hydroxyl groups is 1. The molecule has 1 aliphatic heterocycles. The molecule has 0 saturated carbocycles. The molecule has 0 atom stereocenters.